The Bertz CT molecular complexity index is 854. The van der Waals surface area contributed by atoms with Crippen molar-refractivity contribution in [1.29, 1.82) is 0 Å². The third kappa shape index (κ3) is 6.85. The van der Waals surface area contributed by atoms with Gasteiger partial charge in [0.15, 0.2) is 6.61 Å². The maximum absolute atomic E-state index is 12.4. The summed E-state index contributed by atoms with van der Waals surface area (Å²) < 4.78 is 38.5. The summed E-state index contributed by atoms with van der Waals surface area (Å²) in [6.07, 6.45) is 0. The van der Waals surface area contributed by atoms with E-state index in [1.165, 1.54) is 24.3 Å². The number of ether oxygens (including phenoxy) is 2. The van der Waals surface area contributed by atoms with Crippen LogP contribution in [0.5, 0.6) is 5.75 Å². The van der Waals surface area contributed by atoms with Gasteiger partial charge in [-0.3, -0.25) is 9.52 Å². The van der Waals surface area contributed by atoms with E-state index in [0.29, 0.717) is 18.0 Å². The molecule has 0 aliphatic heterocycles. The van der Waals surface area contributed by atoms with Crippen LogP contribution >= 0.6 is 15.9 Å². The third-order valence-electron chi connectivity index (χ3n) is 3.42. The lowest BCUT2D eigenvalue weighted by Crippen LogP contribution is -2.38. The van der Waals surface area contributed by atoms with E-state index in [2.05, 4.69) is 26.0 Å². The lowest BCUT2D eigenvalue weighted by atomic mass is 10.3. The Morgan fingerprint density at radius 3 is 2.33 bits per heavy atom. The monoisotopic (exact) mass is 456 g/mol. The van der Waals surface area contributed by atoms with Gasteiger partial charge in [-0.25, -0.2) is 8.42 Å². The first-order valence-corrected chi connectivity index (χ1v) is 10.4. The highest BCUT2D eigenvalue weighted by Crippen LogP contribution is 2.20. The molecule has 0 fully saturated rings. The first kappa shape index (κ1) is 21.2. The summed E-state index contributed by atoms with van der Waals surface area (Å²) in [5.41, 5.74) is 0.459. The lowest BCUT2D eigenvalue weighted by Gasteiger charge is -2.13. The first-order chi connectivity index (χ1) is 12.8. The Morgan fingerprint density at radius 2 is 1.74 bits per heavy atom. The van der Waals surface area contributed by atoms with E-state index < -0.39 is 10.0 Å². The van der Waals surface area contributed by atoms with Gasteiger partial charge in [-0.1, -0.05) is 15.9 Å². The van der Waals surface area contributed by atoms with Gasteiger partial charge in [-0.2, -0.15) is 0 Å². The molecular formula is C18H21BrN2O5S. The van der Waals surface area contributed by atoms with Crippen molar-refractivity contribution in [3.05, 3.63) is 53.0 Å². The number of carbonyl (C=O) groups excluding carboxylic acids is 1. The van der Waals surface area contributed by atoms with Crippen molar-refractivity contribution in [2.75, 3.05) is 25.0 Å². The molecule has 0 bridgehead atoms. The Balaban J connectivity index is 1.93. The average Bonchev–Trinajstić information content (AvgIpc) is 2.62. The molecule has 0 spiro atoms. The number of nitrogens with one attached hydrogen (secondary N) is 2. The molecular weight excluding hydrogens is 436 g/mol. The molecule has 1 amide bonds. The predicted molar refractivity (Wildman–Crippen MR) is 106 cm³/mol. The maximum Gasteiger partial charge on any atom is 0.261 e. The van der Waals surface area contributed by atoms with Gasteiger partial charge in [0.25, 0.3) is 15.9 Å². The van der Waals surface area contributed by atoms with Crippen molar-refractivity contribution < 1.29 is 22.7 Å². The zero-order chi connectivity index (χ0) is 19.9. The van der Waals surface area contributed by atoms with E-state index >= 15 is 0 Å². The SMILES string of the molecule is COC[C@@H](C)NC(=O)COc1ccc(S(=O)(=O)Nc2ccc(Br)cc2)cc1. The number of hydrogen-bond acceptors (Lipinski definition) is 5. The number of halogens is 1. The van der Waals surface area contributed by atoms with E-state index in [1.807, 2.05) is 6.92 Å². The van der Waals surface area contributed by atoms with Crippen molar-refractivity contribution in [3.8, 4) is 5.75 Å². The number of methoxy groups -OCH3 is 1. The van der Waals surface area contributed by atoms with E-state index in [-0.39, 0.29) is 23.5 Å². The fourth-order valence-electron chi connectivity index (χ4n) is 2.20. The van der Waals surface area contributed by atoms with Crippen LogP contribution in [0.25, 0.3) is 0 Å². The molecule has 0 aliphatic carbocycles. The summed E-state index contributed by atoms with van der Waals surface area (Å²) in [4.78, 5) is 11.8. The van der Waals surface area contributed by atoms with E-state index in [0.717, 1.165) is 4.47 Å². The number of anilines is 1. The molecule has 0 aromatic heterocycles. The van der Waals surface area contributed by atoms with Gasteiger partial charge in [0.2, 0.25) is 0 Å². The zero-order valence-electron chi connectivity index (χ0n) is 14.9. The van der Waals surface area contributed by atoms with Crippen LogP contribution in [0.3, 0.4) is 0 Å². The van der Waals surface area contributed by atoms with Crippen molar-refractivity contribution in [2.24, 2.45) is 0 Å². The lowest BCUT2D eigenvalue weighted by molar-refractivity contribution is -0.124. The predicted octanol–water partition coefficient (Wildman–Crippen LogP) is 2.78. The third-order valence-corrected chi connectivity index (χ3v) is 5.35. The van der Waals surface area contributed by atoms with Gasteiger partial charge in [0.05, 0.1) is 11.5 Å². The summed E-state index contributed by atoms with van der Waals surface area (Å²) in [6, 6.07) is 12.5. The van der Waals surface area contributed by atoms with Gasteiger partial charge in [-0.05, 0) is 55.5 Å². The molecule has 2 aromatic carbocycles. The number of rotatable bonds is 9. The first-order valence-electron chi connectivity index (χ1n) is 8.09. The molecule has 7 nitrogen and oxygen atoms in total. The van der Waals surface area contributed by atoms with Crippen LogP contribution in [0, 0.1) is 0 Å². The highest BCUT2D eigenvalue weighted by molar-refractivity contribution is 9.10. The Morgan fingerprint density at radius 1 is 1.11 bits per heavy atom. The van der Waals surface area contributed by atoms with Crippen LogP contribution < -0.4 is 14.8 Å². The zero-order valence-corrected chi connectivity index (χ0v) is 17.3. The minimum Gasteiger partial charge on any atom is -0.484 e. The molecule has 0 saturated carbocycles. The fraction of sp³-hybridized carbons (Fsp3) is 0.278. The molecule has 9 heteroatoms. The number of benzene rings is 2. The van der Waals surface area contributed by atoms with Gasteiger partial charge in [0, 0.05) is 23.3 Å². The molecule has 0 heterocycles. The molecule has 2 aromatic rings. The van der Waals surface area contributed by atoms with Crippen molar-refractivity contribution >= 4 is 37.5 Å². The average molecular weight is 457 g/mol. The van der Waals surface area contributed by atoms with Gasteiger partial charge >= 0.3 is 0 Å². The van der Waals surface area contributed by atoms with Crippen LogP contribution in [0.1, 0.15) is 6.92 Å². The number of amides is 1. The summed E-state index contributed by atoms with van der Waals surface area (Å²) >= 11 is 3.30. The molecule has 0 saturated heterocycles. The fourth-order valence-corrected chi connectivity index (χ4v) is 3.53. The minimum absolute atomic E-state index is 0.0935. The van der Waals surface area contributed by atoms with E-state index in [4.69, 9.17) is 9.47 Å². The minimum atomic E-state index is -3.71. The van der Waals surface area contributed by atoms with Crippen LogP contribution in [-0.2, 0) is 19.6 Å². The summed E-state index contributed by atoms with van der Waals surface area (Å²) in [5.74, 6) is 0.111. The molecule has 0 aliphatic rings. The second-order valence-electron chi connectivity index (χ2n) is 5.80. The second-order valence-corrected chi connectivity index (χ2v) is 8.39. The molecule has 1 atom stereocenters. The largest absolute Gasteiger partial charge is 0.484 e. The maximum atomic E-state index is 12.4. The van der Waals surface area contributed by atoms with Crippen molar-refractivity contribution in [2.45, 2.75) is 17.9 Å². The number of hydrogen-bond donors (Lipinski definition) is 2. The molecule has 146 valence electrons. The molecule has 0 radical (unpaired) electrons. The molecule has 0 unspecified atom stereocenters. The van der Waals surface area contributed by atoms with Crippen LogP contribution in [0.15, 0.2) is 57.9 Å². The standard InChI is InChI=1S/C18H21BrN2O5S/c1-13(11-25-2)20-18(22)12-26-16-7-9-17(10-8-16)27(23,24)21-15-5-3-14(19)4-6-15/h3-10,13,21H,11-12H2,1-2H3,(H,20,22)/t13-/m1/s1. The Labute approximate surface area is 167 Å². The quantitative estimate of drug-likeness (QED) is 0.604. The number of carbonyl (C=O) groups is 1. The van der Waals surface area contributed by atoms with Gasteiger partial charge in [0.1, 0.15) is 5.75 Å². The molecule has 2 rings (SSSR count). The summed E-state index contributed by atoms with van der Waals surface area (Å²) in [5, 5.41) is 2.72. The second kappa shape index (κ2) is 9.72. The smallest absolute Gasteiger partial charge is 0.261 e. The van der Waals surface area contributed by atoms with E-state index in [9.17, 15) is 13.2 Å². The normalized spacial score (nSPS) is 12.3. The highest BCUT2D eigenvalue weighted by Gasteiger charge is 2.14. The van der Waals surface area contributed by atoms with Crippen LogP contribution in [0.4, 0.5) is 5.69 Å². The van der Waals surface area contributed by atoms with Crippen molar-refractivity contribution in [1.82, 2.24) is 5.32 Å². The van der Waals surface area contributed by atoms with Crippen molar-refractivity contribution in [3.63, 3.8) is 0 Å². The van der Waals surface area contributed by atoms with Crippen LogP contribution in [0.2, 0.25) is 0 Å². The topological polar surface area (TPSA) is 93.7 Å². The molecule has 2 N–H and O–H groups in total. The number of sulfonamides is 1. The summed E-state index contributed by atoms with van der Waals surface area (Å²) in [7, 11) is -2.15. The van der Waals surface area contributed by atoms with Gasteiger partial charge in [-0.15, -0.1) is 0 Å². The van der Waals surface area contributed by atoms with Gasteiger partial charge < -0.3 is 14.8 Å². The van der Waals surface area contributed by atoms with E-state index in [1.54, 1.807) is 31.4 Å². The Kier molecular flexibility index (Phi) is 7.64. The van der Waals surface area contributed by atoms with Crippen LogP contribution in [-0.4, -0.2) is 40.7 Å². The highest BCUT2D eigenvalue weighted by atomic mass is 79.9. The Hall–Kier alpha value is -2.10. The summed E-state index contributed by atoms with van der Waals surface area (Å²) in [6.45, 7) is 2.06. The molecule has 27 heavy (non-hydrogen) atoms.